The van der Waals surface area contributed by atoms with Crippen LogP contribution in [0.25, 0.3) is 0 Å². The van der Waals surface area contributed by atoms with Crippen molar-refractivity contribution in [1.29, 1.82) is 0 Å². The highest BCUT2D eigenvalue weighted by atomic mass is 15.3. The van der Waals surface area contributed by atoms with Crippen LogP contribution in [0.2, 0.25) is 0 Å². The fourth-order valence-corrected chi connectivity index (χ4v) is 2.16. The van der Waals surface area contributed by atoms with E-state index in [-0.39, 0.29) is 6.04 Å². The summed E-state index contributed by atoms with van der Waals surface area (Å²) in [7, 11) is 1.96. The lowest BCUT2D eigenvalue weighted by Crippen LogP contribution is -2.39. The van der Waals surface area contributed by atoms with Crippen molar-refractivity contribution in [3.63, 3.8) is 0 Å². The Hall–Kier alpha value is -2.37. The summed E-state index contributed by atoms with van der Waals surface area (Å²) >= 11 is 0. The largest absolute Gasteiger partial charge is 0.356 e. The topological polar surface area (TPSA) is 67.1 Å². The van der Waals surface area contributed by atoms with Gasteiger partial charge in [-0.25, -0.2) is 4.99 Å². The Morgan fingerprint density at radius 2 is 2.00 bits per heavy atom. The molecule has 1 atom stereocenters. The number of hydrogen-bond acceptors (Lipinski definition) is 3. The number of rotatable bonds is 6. The van der Waals surface area contributed by atoms with E-state index in [0.717, 1.165) is 30.6 Å². The van der Waals surface area contributed by atoms with Gasteiger partial charge in [-0.1, -0.05) is 37.3 Å². The fourth-order valence-electron chi connectivity index (χ4n) is 2.16. The lowest BCUT2D eigenvalue weighted by molar-refractivity contribution is 0.673. The molecular formula is C17H26N6. The zero-order chi connectivity index (χ0) is 16.7. The number of guanidine groups is 1. The van der Waals surface area contributed by atoms with Gasteiger partial charge in [0.1, 0.15) is 12.4 Å². The molecule has 1 aromatic heterocycles. The Kier molecular flexibility index (Phi) is 6.14. The van der Waals surface area contributed by atoms with Crippen LogP contribution in [-0.4, -0.2) is 27.3 Å². The minimum atomic E-state index is 0.181. The van der Waals surface area contributed by atoms with Crippen molar-refractivity contribution >= 4 is 5.96 Å². The van der Waals surface area contributed by atoms with Crippen molar-refractivity contribution in [2.24, 2.45) is 12.0 Å². The van der Waals surface area contributed by atoms with Crippen molar-refractivity contribution in [2.45, 2.75) is 39.8 Å². The van der Waals surface area contributed by atoms with Gasteiger partial charge in [0.25, 0.3) is 0 Å². The number of aryl methyl sites for hydroxylation is 1. The van der Waals surface area contributed by atoms with E-state index in [1.807, 2.05) is 36.7 Å². The molecule has 0 bridgehead atoms. The molecule has 0 fully saturated rings. The van der Waals surface area contributed by atoms with Crippen molar-refractivity contribution in [1.82, 2.24) is 25.4 Å². The Morgan fingerprint density at radius 1 is 1.26 bits per heavy atom. The number of nitrogens with one attached hydrogen (secondary N) is 2. The molecule has 0 saturated carbocycles. The van der Waals surface area contributed by atoms with Gasteiger partial charge in [-0.15, -0.1) is 10.2 Å². The first-order chi connectivity index (χ1) is 11.1. The lowest BCUT2D eigenvalue weighted by atomic mass is 10.1. The molecule has 2 aromatic rings. The molecule has 124 valence electrons. The third kappa shape index (κ3) is 4.81. The van der Waals surface area contributed by atoms with E-state index < -0.39 is 0 Å². The summed E-state index contributed by atoms with van der Waals surface area (Å²) in [6, 6.07) is 10.5. The smallest absolute Gasteiger partial charge is 0.192 e. The minimum Gasteiger partial charge on any atom is -0.356 e. The number of hydrogen-bond donors (Lipinski definition) is 2. The first-order valence-electron chi connectivity index (χ1n) is 8.06. The Labute approximate surface area is 138 Å². The summed E-state index contributed by atoms with van der Waals surface area (Å²) in [5.74, 6) is 2.54. The third-order valence-electron chi connectivity index (χ3n) is 3.76. The standard InChI is InChI=1S/C17H26N6/c1-5-11-18-17(19-12-16-22-21-14(3)23(16)4)20-13(2)15-9-7-6-8-10-15/h6-10,13H,5,11-12H2,1-4H3,(H2,18,19,20). The van der Waals surface area contributed by atoms with Gasteiger partial charge in [0.05, 0.1) is 6.04 Å². The summed E-state index contributed by atoms with van der Waals surface area (Å²) in [5, 5.41) is 15.0. The average molecular weight is 314 g/mol. The molecule has 0 aliphatic rings. The van der Waals surface area contributed by atoms with Gasteiger partial charge >= 0.3 is 0 Å². The number of aliphatic imine (C=N–C) groups is 1. The number of nitrogens with zero attached hydrogens (tertiary/aromatic N) is 4. The molecule has 6 heteroatoms. The van der Waals surface area contributed by atoms with Crippen LogP contribution < -0.4 is 10.6 Å². The van der Waals surface area contributed by atoms with E-state index in [1.165, 1.54) is 5.56 Å². The van der Waals surface area contributed by atoms with Gasteiger partial charge in [-0.2, -0.15) is 0 Å². The van der Waals surface area contributed by atoms with Crippen molar-refractivity contribution in [3.8, 4) is 0 Å². The maximum absolute atomic E-state index is 4.64. The van der Waals surface area contributed by atoms with Crippen LogP contribution in [0.4, 0.5) is 0 Å². The van der Waals surface area contributed by atoms with Gasteiger partial charge in [0.2, 0.25) is 0 Å². The molecule has 0 aliphatic heterocycles. The van der Waals surface area contributed by atoms with Crippen LogP contribution >= 0.6 is 0 Å². The minimum absolute atomic E-state index is 0.181. The van der Waals surface area contributed by atoms with Crippen LogP contribution in [0.1, 0.15) is 43.5 Å². The molecule has 0 spiro atoms. The lowest BCUT2D eigenvalue weighted by Gasteiger charge is -2.18. The maximum Gasteiger partial charge on any atom is 0.192 e. The second-order valence-corrected chi connectivity index (χ2v) is 5.59. The van der Waals surface area contributed by atoms with Crippen LogP contribution in [-0.2, 0) is 13.6 Å². The Balaban J connectivity index is 2.06. The summed E-state index contributed by atoms with van der Waals surface area (Å²) in [6.07, 6.45) is 1.05. The normalized spacial score (nSPS) is 13.0. The van der Waals surface area contributed by atoms with E-state index in [4.69, 9.17) is 0 Å². The summed E-state index contributed by atoms with van der Waals surface area (Å²) in [6.45, 7) is 7.58. The molecule has 1 unspecified atom stereocenters. The molecule has 0 saturated heterocycles. The van der Waals surface area contributed by atoms with Gasteiger partial charge in [0.15, 0.2) is 11.8 Å². The van der Waals surface area contributed by atoms with E-state index >= 15 is 0 Å². The van der Waals surface area contributed by atoms with Crippen LogP contribution in [0.5, 0.6) is 0 Å². The second-order valence-electron chi connectivity index (χ2n) is 5.59. The van der Waals surface area contributed by atoms with Crippen LogP contribution in [0.15, 0.2) is 35.3 Å². The highest BCUT2D eigenvalue weighted by Crippen LogP contribution is 2.10. The van der Waals surface area contributed by atoms with E-state index in [1.54, 1.807) is 0 Å². The van der Waals surface area contributed by atoms with Gasteiger partial charge in [-0.3, -0.25) is 0 Å². The molecule has 0 amide bonds. The average Bonchev–Trinajstić information content (AvgIpc) is 2.89. The predicted molar refractivity (Wildman–Crippen MR) is 93.2 cm³/mol. The number of aromatic nitrogens is 3. The number of benzene rings is 1. The van der Waals surface area contributed by atoms with Crippen molar-refractivity contribution < 1.29 is 0 Å². The molecular weight excluding hydrogens is 288 g/mol. The zero-order valence-electron chi connectivity index (χ0n) is 14.4. The maximum atomic E-state index is 4.64. The molecule has 0 aliphatic carbocycles. The molecule has 6 nitrogen and oxygen atoms in total. The van der Waals surface area contributed by atoms with Crippen molar-refractivity contribution in [3.05, 3.63) is 47.5 Å². The van der Waals surface area contributed by atoms with Crippen LogP contribution in [0, 0.1) is 6.92 Å². The molecule has 1 heterocycles. The predicted octanol–water partition coefficient (Wildman–Crippen LogP) is 2.33. The van der Waals surface area contributed by atoms with Gasteiger partial charge < -0.3 is 15.2 Å². The van der Waals surface area contributed by atoms with E-state index in [0.29, 0.717) is 6.54 Å². The quantitative estimate of drug-likeness (QED) is 0.634. The monoisotopic (exact) mass is 314 g/mol. The Morgan fingerprint density at radius 3 is 2.61 bits per heavy atom. The van der Waals surface area contributed by atoms with Crippen molar-refractivity contribution in [2.75, 3.05) is 6.54 Å². The fraction of sp³-hybridized carbons (Fsp3) is 0.471. The molecule has 0 radical (unpaired) electrons. The summed E-state index contributed by atoms with van der Waals surface area (Å²) in [4.78, 5) is 4.64. The first-order valence-corrected chi connectivity index (χ1v) is 8.06. The zero-order valence-corrected chi connectivity index (χ0v) is 14.4. The molecule has 2 rings (SSSR count). The highest BCUT2D eigenvalue weighted by Gasteiger charge is 2.09. The van der Waals surface area contributed by atoms with Gasteiger partial charge in [0, 0.05) is 13.6 Å². The second kappa shape index (κ2) is 8.31. The molecule has 2 N–H and O–H groups in total. The summed E-state index contributed by atoms with van der Waals surface area (Å²) < 4.78 is 1.96. The molecule has 23 heavy (non-hydrogen) atoms. The third-order valence-corrected chi connectivity index (χ3v) is 3.76. The molecule has 1 aromatic carbocycles. The van der Waals surface area contributed by atoms with Gasteiger partial charge in [-0.05, 0) is 25.8 Å². The highest BCUT2D eigenvalue weighted by molar-refractivity contribution is 5.80. The van der Waals surface area contributed by atoms with E-state index in [2.05, 4.69) is 51.8 Å². The van der Waals surface area contributed by atoms with Crippen LogP contribution in [0.3, 0.4) is 0 Å². The Bertz CT molecular complexity index is 632. The SMILES string of the molecule is CCCNC(=NCc1nnc(C)n1C)NC(C)c1ccccc1. The van der Waals surface area contributed by atoms with E-state index in [9.17, 15) is 0 Å². The first kappa shape index (κ1) is 17.0. The summed E-state index contributed by atoms with van der Waals surface area (Å²) in [5.41, 5.74) is 1.23.